The molecule has 3 heterocycles. The smallest absolute Gasteiger partial charge is 0.326 e. The van der Waals surface area contributed by atoms with Gasteiger partial charge in [-0.15, -0.1) is 0 Å². The van der Waals surface area contributed by atoms with E-state index in [1.807, 2.05) is 0 Å². The van der Waals surface area contributed by atoms with Gasteiger partial charge in [-0.25, -0.2) is 4.79 Å². The van der Waals surface area contributed by atoms with Gasteiger partial charge in [0, 0.05) is 32.6 Å². The average Bonchev–Trinajstić information content (AvgIpc) is 4.01. The number of aliphatic imine (C=N–C) groups is 1. The average molecular weight is 814 g/mol. The number of rotatable bonds is 19. The maximum absolute atomic E-state index is 13.6. The van der Waals surface area contributed by atoms with E-state index in [1.54, 1.807) is 30.3 Å². The van der Waals surface area contributed by atoms with E-state index in [1.165, 1.54) is 14.7 Å². The Bertz CT molecular complexity index is 1690. The van der Waals surface area contributed by atoms with Gasteiger partial charge in [0.2, 0.25) is 41.4 Å². The Hall–Kier alpha value is -5.83. The second-order valence-corrected chi connectivity index (χ2v) is 14.5. The quantitative estimate of drug-likeness (QED) is 0.0365. The summed E-state index contributed by atoms with van der Waals surface area (Å²) in [5.74, 6) is -5.66. The molecule has 1 aromatic carbocycles. The highest BCUT2D eigenvalue weighted by Crippen LogP contribution is 2.26. The predicted octanol–water partition coefficient (Wildman–Crippen LogP) is -4.14. The predicted molar refractivity (Wildman–Crippen MR) is 207 cm³/mol. The van der Waals surface area contributed by atoms with Crippen LogP contribution in [0.1, 0.15) is 56.9 Å². The lowest BCUT2D eigenvalue weighted by Gasteiger charge is -2.32. The number of amides is 7. The Morgan fingerprint density at radius 1 is 0.741 bits per heavy atom. The Morgan fingerprint density at radius 2 is 1.33 bits per heavy atom. The summed E-state index contributed by atoms with van der Waals surface area (Å²) in [5, 5.41) is 29.3. The topological polar surface area (TPSA) is 325 Å². The van der Waals surface area contributed by atoms with Crippen molar-refractivity contribution in [1.82, 2.24) is 36.0 Å². The summed E-state index contributed by atoms with van der Waals surface area (Å²) in [5.41, 5.74) is 17.5. The molecule has 6 atom stereocenters. The van der Waals surface area contributed by atoms with Crippen LogP contribution in [0.3, 0.4) is 0 Å². The number of nitrogens with two attached hydrogens (primary N) is 3. The summed E-state index contributed by atoms with van der Waals surface area (Å²) >= 11 is 0. The summed E-state index contributed by atoms with van der Waals surface area (Å²) in [6.07, 6.45) is 3.37. The molecule has 21 heteroatoms. The molecule has 12 N–H and O–H groups in total. The summed E-state index contributed by atoms with van der Waals surface area (Å²) in [6.45, 7) is -0.874. The highest BCUT2D eigenvalue weighted by molar-refractivity contribution is 5.96. The number of nitrogens with one attached hydrogen (secondary N) is 4. The number of carbonyl (C=O) groups excluding carboxylic acids is 7. The van der Waals surface area contributed by atoms with Crippen LogP contribution in [-0.2, 0) is 44.8 Å². The summed E-state index contributed by atoms with van der Waals surface area (Å²) in [6, 6.07) is 2.49. The molecule has 21 nitrogen and oxygen atoms in total. The Balaban J connectivity index is 1.22. The zero-order valence-electron chi connectivity index (χ0n) is 32.3. The largest absolute Gasteiger partial charge is 0.480 e. The molecule has 0 spiro atoms. The van der Waals surface area contributed by atoms with Gasteiger partial charge >= 0.3 is 5.97 Å². The highest BCUT2D eigenvalue weighted by atomic mass is 16.4. The van der Waals surface area contributed by atoms with E-state index < -0.39 is 91.5 Å². The number of nitrogens with zero attached hydrogens (tertiary/aromatic N) is 4. The van der Waals surface area contributed by atoms with Crippen LogP contribution in [0.25, 0.3) is 0 Å². The lowest BCUT2D eigenvalue weighted by Crippen LogP contribution is -2.57. The van der Waals surface area contributed by atoms with Crippen LogP contribution in [0.2, 0.25) is 0 Å². The van der Waals surface area contributed by atoms with Gasteiger partial charge in [0.15, 0.2) is 5.96 Å². The molecule has 0 aromatic heterocycles. The van der Waals surface area contributed by atoms with Crippen molar-refractivity contribution in [2.45, 2.75) is 94.0 Å². The van der Waals surface area contributed by atoms with E-state index in [2.05, 4.69) is 26.3 Å². The molecule has 0 aliphatic carbocycles. The first kappa shape index (κ1) is 44.9. The fourth-order valence-electron chi connectivity index (χ4n) is 7.42. The van der Waals surface area contributed by atoms with E-state index >= 15 is 0 Å². The minimum absolute atomic E-state index is 0.0239. The lowest BCUT2D eigenvalue weighted by atomic mass is 10.1. The first-order chi connectivity index (χ1) is 27.7. The minimum atomic E-state index is -1.46. The van der Waals surface area contributed by atoms with Gasteiger partial charge in [0.05, 0.1) is 25.7 Å². The van der Waals surface area contributed by atoms with Crippen molar-refractivity contribution >= 4 is 53.3 Å². The summed E-state index contributed by atoms with van der Waals surface area (Å²) < 4.78 is 0. The molecule has 1 unspecified atom stereocenters. The highest BCUT2D eigenvalue weighted by Gasteiger charge is 2.43. The Labute approximate surface area is 335 Å². The minimum Gasteiger partial charge on any atom is -0.480 e. The molecule has 3 aliphatic rings. The van der Waals surface area contributed by atoms with Gasteiger partial charge in [-0.3, -0.25) is 38.6 Å². The number of carboxylic acids is 1. The molecule has 58 heavy (non-hydrogen) atoms. The molecule has 0 radical (unpaired) electrons. The van der Waals surface area contributed by atoms with Crippen LogP contribution in [-0.4, -0.2) is 160 Å². The number of carboxylic acid groups (broad SMARTS) is 1. The second kappa shape index (κ2) is 21.6. The SMILES string of the molecule is NC(N)=NCCC[C@H](N)C(=O)N1CCCC1C(=O)N1CCC[C@H]1C(=O)NCC(=O)NCC(=O)N[C@@H](CO)C(=O)N1CCC[C@H]1C(=O)N[C@@H](Cc1ccccc1)C(=O)O. The van der Waals surface area contributed by atoms with Crippen molar-refractivity contribution in [2.75, 3.05) is 45.9 Å². The first-order valence-corrected chi connectivity index (χ1v) is 19.5. The molecule has 0 saturated carbocycles. The third kappa shape index (κ3) is 12.3. The fourth-order valence-corrected chi connectivity index (χ4v) is 7.42. The normalized spacial score (nSPS) is 20.4. The van der Waals surface area contributed by atoms with Crippen LogP contribution in [0.5, 0.6) is 0 Å². The van der Waals surface area contributed by atoms with Gasteiger partial charge in [0.25, 0.3) is 0 Å². The van der Waals surface area contributed by atoms with Crippen LogP contribution in [0.15, 0.2) is 35.3 Å². The fraction of sp³-hybridized carbons (Fsp3) is 0.595. The second-order valence-electron chi connectivity index (χ2n) is 14.5. The number of hydrogen-bond donors (Lipinski definition) is 9. The zero-order chi connectivity index (χ0) is 42.4. The molecule has 3 saturated heterocycles. The number of benzene rings is 1. The molecule has 7 amide bonds. The molecule has 4 rings (SSSR count). The maximum Gasteiger partial charge on any atom is 0.326 e. The van der Waals surface area contributed by atoms with Crippen LogP contribution < -0.4 is 38.5 Å². The van der Waals surface area contributed by atoms with Crippen molar-refractivity contribution in [1.29, 1.82) is 0 Å². The van der Waals surface area contributed by atoms with Crippen LogP contribution >= 0.6 is 0 Å². The molecule has 1 aromatic rings. The van der Waals surface area contributed by atoms with E-state index in [0.717, 1.165) is 0 Å². The number of carbonyl (C=O) groups is 8. The molecular weight excluding hydrogens is 758 g/mol. The van der Waals surface area contributed by atoms with E-state index in [4.69, 9.17) is 17.2 Å². The third-order valence-corrected chi connectivity index (χ3v) is 10.4. The van der Waals surface area contributed by atoms with Crippen LogP contribution in [0.4, 0.5) is 0 Å². The third-order valence-electron chi connectivity index (χ3n) is 10.4. The Morgan fingerprint density at radius 3 is 1.95 bits per heavy atom. The number of aliphatic carboxylic acids is 1. The number of hydrogen-bond acceptors (Lipinski definition) is 11. The van der Waals surface area contributed by atoms with Crippen molar-refractivity contribution < 1.29 is 48.6 Å². The van der Waals surface area contributed by atoms with Crippen molar-refractivity contribution in [3.8, 4) is 0 Å². The molecule has 318 valence electrons. The van der Waals surface area contributed by atoms with Gasteiger partial charge in [-0.1, -0.05) is 30.3 Å². The zero-order valence-corrected chi connectivity index (χ0v) is 32.3. The van der Waals surface area contributed by atoms with E-state index in [-0.39, 0.29) is 43.7 Å². The number of likely N-dealkylation sites (tertiary alicyclic amines) is 3. The van der Waals surface area contributed by atoms with Gasteiger partial charge in [-0.05, 0) is 56.9 Å². The molecule has 3 fully saturated rings. The van der Waals surface area contributed by atoms with Crippen molar-refractivity contribution in [2.24, 2.45) is 22.2 Å². The van der Waals surface area contributed by atoms with Gasteiger partial charge < -0.3 is 63.4 Å². The van der Waals surface area contributed by atoms with Gasteiger partial charge in [-0.2, -0.15) is 0 Å². The maximum atomic E-state index is 13.6. The number of aliphatic hydroxyl groups is 1. The molecule has 3 aliphatic heterocycles. The lowest BCUT2D eigenvalue weighted by molar-refractivity contribution is -0.147. The molecule has 0 bridgehead atoms. The number of aliphatic hydroxyl groups excluding tert-OH is 1. The summed E-state index contributed by atoms with van der Waals surface area (Å²) in [4.78, 5) is 112. The number of guanidine groups is 1. The summed E-state index contributed by atoms with van der Waals surface area (Å²) in [7, 11) is 0. The van der Waals surface area contributed by atoms with Crippen molar-refractivity contribution in [3.05, 3.63) is 35.9 Å². The van der Waals surface area contributed by atoms with E-state index in [9.17, 15) is 48.6 Å². The van der Waals surface area contributed by atoms with E-state index in [0.29, 0.717) is 63.6 Å². The van der Waals surface area contributed by atoms with Gasteiger partial charge in [0.1, 0.15) is 30.2 Å². The van der Waals surface area contributed by atoms with Crippen molar-refractivity contribution in [3.63, 3.8) is 0 Å². The Kier molecular flexibility index (Phi) is 16.7. The first-order valence-electron chi connectivity index (χ1n) is 19.5. The van der Waals surface area contributed by atoms with Crippen LogP contribution in [0, 0.1) is 0 Å². The standard InChI is InChI=1S/C37H55N11O10/c38-23(10-4-14-41-37(39)40)33(54)48-17-7-13-28(48)35(56)47-16-5-11-26(47)31(52)43-19-29(50)42-20-30(51)44-25(21-49)34(55)46-15-6-12-27(46)32(53)45-24(36(57)58)18-22-8-2-1-3-9-22/h1-3,8-9,23-28,49H,4-7,10-21,38H2,(H,42,50)(H,43,52)(H,44,51)(H,45,53)(H,57,58)(H4,39,40,41)/t23-,24-,25-,26-,27-,28?/m0/s1. The molecular formula is C37H55N11O10. The monoisotopic (exact) mass is 813 g/mol.